The second-order valence-electron chi connectivity index (χ2n) is 4.89. The average Bonchev–Trinajstić information content (AvgIpc) is 2.51. The minimum absolute atomic E-state index is 0.00167. The lowest BCUT2D eigenvalue weighted by molar-refractivity contribution is -0.119. The van der Waals surface area contributed by atoms with E-state index in [1.54, 1.807) is 12.1 Å². The van der Waals surface area contributed by atoms with Crippen molar-refractivity contribution in [2.75, 3.05) is 5.75 Å². The summed E-state index contributed by atoms with van der Waals surface area (Å²) in [6.07, 6.45) is 0. The molecule has 0 aliphatic carbocycles. The van der Waals surface area contributed by atoms with Gasteiger partial charge in [-0.1, -0.05) is 59.6 Å². The summed E-state index contributed by atoms with van der Waals surface area (Å²) in [5.41, 5.74) is 1.97. The van der Waals surface area contributed by atoms with E-state index in [4.69, 9.17) is 23.2 Å². The summed E-state index contributed by atoms with van der Waals surface area (Å²) < 4.78 is 0. The summed E-state index contributed by atoms with van der Waals surface area (Å²) in [6.45, 7) is 1.98. The van der Waals surface area contributed by atoms with Crippen LogP contribution in [0.2, 0.25) is 10.0 Å². The number of hydrogen-bond acceptors (Lipinski definition) is 2. The molecule has 1 unspecified atom stereocenters. The van der Waals surface area contributed by atoms with E-state index in [2.05, 4.69) is 5.32 Å². The molecule has 0 aliphatic rings. The van der Waals surface area contributed by atoms with Crippen LogP contribution >= 0.6 is 35.0 Å². The predicted octanol–water partition coefficient (Wildman–Crippen LogP) is 5.10. The van der Waals surface area contributed by atoms with Crippen LogP contribution in [0.15, 0.2) is 48.5 Å². The Labute approximate surface area is 145 Å². The largest absolute Gasteiger partial charge is 0.349 e. The maximum Gasteiger partial charge on any atom is 0.230 e. The monoisotopic (exact) mass is 353 g/mol. The number of carbonyl (C=O) groups is 1. The van der Waals surface area contributed by atoms with Gasteiger partial charge in [-0.25, -0.2) is 0 Å². The Kier molecular flexibility index (Phi) is 6.62. The Morgan fingerprint density at radius 2 is 1.73 bits per heavy atom. The van der Waals surface area contributed by atoms with Crippen LogP contribution in [0, 0.1) is 0 Å². The van der Waals surface area contributed by atoms with Crippen LogP contribution in [-0.2, 0) is 10.5 Å². The highest BCUT2D eigenvalue weighted by Gasteiger charge is 2.10. The predicted molar refractivity (Wildman–Crippen MR) is 95.6 cm³/mol. The molecule has 2 aromatic carbocycles. The molecule has 0 saturated carbocycles. The topological polar surface area (TPSA) is 29.1 Å². The van der Waals surface area contributed by atoms with Gasteiger partial charge in [-0.15, -0.1) is 11.8 Å². The van der Waals surface area contributed by atoms with Gasteiger partial charge in [0, 0.05) is 15.8 Å². The number of carbonyl (C=O) groups excluding carboxylic acids is 1. The van der Waals surface area contributed by atoms with Crippen LogP contribution in [0.4, 0.5) is 0 Å². The number of halogens is 2. The molecule has 0 aromatic heterocycles. The van der Waals surface area contributed by atoms with Crippen molar-refractivity contribution in [3.63, 3.8) is 0 Å². The number of nitrogens with one attached hydrogen (secondary N) is 1. The molecule has 0 fully saturated rings. The van der Waals surface area contributed by atoms with Gasteiger partial charge in [0.15, 0.2) is 0 Å². The van der Waals surface area contributed by atoms with Crippen LogP contribution in [-0.4, -0.2) is 11.7 Å². The van der Waals surface area contributed by atoms with E-state index in [0.717, 1.165) is 11.1 Å². The summed E-state index contributed by atoms with van der Waals surface area (Å²) in [5, 5.41) is 4.26. The first-order valence-corrected chi connectivity index (χ1v) is 8.84. The lowest BCUT2D eigenvalue weighted by Gasteiger charge is -2.14. The minimum Gasteiger partial charge on any atom is -0.349 e. The molecule has 5 heteroatoms. The highest BCUT2D eigenvalue weighted by atomic mass is 35.5. The van der Waals surface area contributed by atoms with Crippen molar-refractivity contribution in [3.05, 3.63) is 69.7 Å². The summed E-state index contributed by atoms with van der Waals surface area (Å²) in [7, 11) is 0. The molecule has 116 valence electrons. The third kappa shape index (κ3) is 4.94. The van der Waals surface area contributed by atoms with Crippen molar-refractivity contribution in [2.24, 2.45) is 0 Å². The summed E-state index contributed by atoms with van der Waals surface area (Å²) in [5.74, 6) is 0.995. The summed E-state index contributed by atoms with van der Waals surface area (Å²) in [6, 6.07) is 15.3. The number of amides is 1. The van der Waals surface area contributed by atoms with Gasteiger partial charge >= 0.3 is 0 Å². The average molecular weight is 354 g/mol. The van der Waals surface area contributed by atoms with E-state index >= 15 is 0 Å². The third-order valence-electron chi connectivity index (χ3n) is 3.22. The number of benzene rings is 2. The molecule has 1 atom stereocenters. The first-order valence-electron chi connectivity index (χ1n) is 6.93. The molecule has 1 N–H and O–H groups in total. The fraction of sp³-hybridized carbons (Fsp3) is 0.235. The van der Waals surface area contributed by atoms with Crippen molar-refractivity contribution in [3.8, 4) is 0 Å². The smallest absolute Gasteiger partial charge is 0.230 e. The van der Waals surface area contributed by atoms with E-state index in [1.807, 2.05) is 43.3 Å². The van der Waals surface area contributed by atoms with Crippen LogP contribution in [0.3, 0.4) is 0 Å². The fourth-order valence-corrected chi connectivity index (χ4v) is 3.60. The molecule has 0 saturated heterocycles. The van der Waals surface area contributed by atoms with Crippen molar-refractivity contribution in [1.29, 1.82) is 0 Å². The van der Waals surface area contributed by atoms with Crippen LogP contribution in [0.5, 0.6) is 0 Å². The summed E-state index contributed by atoms with van der Waals surface area (Å²) >= 11 is 13.7. The van der Waals surface area contributed by atoms with Gasteiger partial charge in [0.05, 0.1) is 11.8 Å². The van der Waals surface area contributed by atoms with Crippen molar-refractivity contribution >= 4 is 40.9 Å². The van der Waals surface area contributed by atoms with Crippen molar-refractivity contribution in [1.82, 2.24) is 5.32 Å². The van der Waals surface area contributed by atoms with Gasteiger partial charge in [-0.3, -0.25) is 4.79 Å². The van der Waals surface area contributed by atoms with Crippen LogP contribution in [0.1, 0.15) is 24.1 Å². The van der Waals surface area contributed by atoms with E-state index in [-0.39, 0.29) is 11.9 Å². The Morgan fingerprint density at radius 1 is 1.09 bits per heavy atom. The van der Waals surface area contributed by atoms with Gasteiger partial charge in [0.1, 0.15) is 0 Å². The zero-order chi connectivity index (χ0) is 15.9. The molecule has 0 spiro atoms. The zero-order valence-corrected chi connectivity index (χ0v) is 14.5. The van der Waals surface area contributed by atoms with Gasteiger partial charge in [0.25, 0.3) is 0 Å². The molecule has 1 amide bonds. The number of rotatable bonds is 6. The molecule has 0 aliphatic heterocycles. The SMILES string of the molecule is CC(NC(=O)CSCc1c(Cl)cccc1Cl)c1ccccc1. The van der Waals surface area contributed by atoms with E-state index in [1.165, 1.54) is 11.8 Å². The lowest BCUT2D eigenvalue weighted by Crippen LogP contribution is -2.28. The molecule has 22 heavy (non-hydrogen) atoms. The zero-order valence-electron chi connectivity index (χ0n) is 12.2. The first-order chi connectivity index (χ1) is 10.6. The highest BCUT2D eigenvalue weighted by Crippen LogP contribution is 2.28. The minimum atomic E-state index is -0.00167. The molecular formula is C17H17Cl2NOS. The standard InChI is InChI=1S/C17H17Cl2NOS/c1-12(13-6-3-2-4-7-13)20-17(21)11-22-10-14-15(18)8-5-9-16(14)19/h2-9,12H,10-11H2,1H3,(H,20,21). The molecule has 0 bridgehead atoms. The van der Waals surface area contributed by atoms with E-state index < -0.39 is 0 Å². The summed E-state index contributed by atoms with van der Waals surface area (Å²) in [4.78, 5) is 12.0. The molecule has 2 rings (SSSR count). The quantitative estimate of drug-likeness (QED) is 0.782. The Balaban J connectivity index is 1.81. The van der Waals surface area contributed by atoms with E-state index in [0.29, 0.717) is 21.6 Å². The molecule has 2 aromatic rings. The lowest BCUT2D eigenvalue weighted by atomic mass is 10.1. The molecular weight excluding hydrogens is 337 g/mol. The second kappa shape index (κ2) is 8.47. The maximum atomic E-state index is 12.0. The second-order valence-corrected chi connectivity index (χ2v) is 6.69. The van der Waals surface area contributed by atoms with Crippen LogP contribution < -0.4 is 5.32 Å². The highest BCUT2D eigenvalue weighted by molar-refractivity contribution is 7.99. The van der Waals surface area contributed by atoms with Crippen molar-refractivity contribution in [2.45, 2.75) is 18.7 Å². The molecule has 0 radical (unpaired) electrons. The Bertz CT molecular complexity index is 614. The number of thioether (sulfide) groups is 1. The van der Waals surface area contributed by atoms with Gasteiger partial charge in [-0.05, 0) is 30.2 Å². The fourth-order valence-electron chi connectivity index (χ4n) is 2.02. The number of hydrogen-bond donors (Lipinski definition) is 1. The van der Waals surface area contributed by atoms with Crippen LogP contribution in [0.25, 0.3) is 0 Å². The third-order valence-corrected chi connectivity index (χ3v) is 4.89. The Morgan fingerprint density at radius 3 is 2.36 bits per heavy atom. The normalized spacial score (nSPS) is 12.0. The molecule has 2 nitrogen and oxygen atoms in total. The van der Waals surface area contributed by atoms with E-state index in [9.17, 15) is 4.79 Å². The van der Waals surface area contributed by atoms with Crippen molar-refractivity contribution < 1.29 is 4.79 Å². The molecule has 0 heterocycles. The maximum absolute atomic E-state index is 12.0. The first kappa shape index (κ1) is 17.2. The van der Waals surface area contributed by atoms with Gasteiger partial charge in [0.2, 0.25) is 5.91 Å². The van der Waals surface area contributed by atoms with Gasteiger partial charge in [-0.2, -0.15) is 0 Å². The Hall–Kier alpha value is -1.16. The van der Waals surface area contributed by atoms with Gasteiger partial charge < -0.3 is 5.32 Å².